The number of halogens is 2. The SMILES string of the molecule is CC(O)CC(F)(F)c1ccccc1. The zero-order chi connectivity index (χ0) is 9.90. The van der Waals surface area contributed by atoms with Gasteiger partial charge in [0.1, 0.15) is 0 Å². The lowest BCUT2D eigenvalue weighted by Crippen LogP contribution is -2.19. The molecule has 0 aliphatic carbocycles. The van der Waals surface area contributed by atoms with E-state index in [4.69, 9.17) is 5.11 Å². The van der Waals surface area contributed by atoms with Gasteiger partial charge in [-0.25, -0.2) is 8.78 Å². The van der Waals surface area contributed by atoms with Crippen molar-refractivity contribution in [3.8, 4) is 0 Å². The number of hydrogen-bond donors (Lipinski definition) is 1. The molecule has 0 saturated carbocycles. The molecular formula is C10H12F2O. The smallest absolute Gasteiger partial charge is 0.275 e. The van der Waals surface area contributed by atoms with Gasteiger partial charge in [-0.15, -0.1) is 0 Å². The average Bonchev–Trinajstić information content (AvgIpc) is 2.04. The summed E-state index contributed by atoms with van der Waals surface area (Å²) in [6, 6.07) is 7.53. The van der Waals surface area contributed by atoms with Crippen LogP contribution in [0, 0.1) is 0 Å². The fraction of sp³-hybridized carbons (Fsp3) is 0.400. The molecule has 0 radical (unpaired) electrons. The topological polar surface area (TPSA) is 20.2 Å². The standard InChI is InChI=1S/C10H12F2O/c1-8(13)7-10(11,12)9-5-3-2-4-6-9/h2-6,8,13H,7H2,1H3. The van der Waals surface area contributed by atoms with E-state index in [-0.39, 0.29) is 5.56 Å². The molecule has 0 aliphatic rings. The summed E-state index contributed by atoms with van der Waals surface area (Å²) in [5, 5.41) is 8.87. The van der Waals surface area contributed by atoms with E-state index >= 15 is 0 Å². The summed E-state index contributed by atoms with van der Waals surface area (Å²) in [6.07, 6.45) is -1.52. The van der Waals surface area contributed by atoms with E-state index in [0.29, 0.717) is 0 Å². The van der Waals surface area contributed by atoms with Gasteiger partial charge in [0.05, 0.1) is 6.10 Å². The van der Waals surface area contributed by atoms with Gasteiger partial charge in [-0.2, -0.15) is 0 Å². The average molecular weight is 186 g/mol. The summed E-state index contributed by atoms with van der Waals surface area (Å²) in [6.45, 7) is 1.36. The zero-order valence-electron chi connectivity index (χ0n) is 7.37. The Kier molecular flexibility index (Phi) is 2.98. The molecule has 1 aromatic rings. The Morgan fingerprint density at radius 3 is 2.31 bits per heavy atom. The van der Waals surface area contributed by atoms with Crippen molar-refractivity contribution in [2.45, 2.75) is 25.4 Å². The summed E-state index contributed by atoms with van der Waals surface area (Å²) in [5.74, 6) is -2.94. The number of alkyl halides is 2. The molecule has 0 saturated heterocycles. The molecule has 1 nitrogen and oxygen atoms in total. The third-order valence-electron chi connectivity index (χ3n) is 1.75. The summed E-state index contributed by atoms with van der Waals surface area (Å²) in [5.41, 5.74) is -0.0455. The third-order valence-corrected chi connectivity index (χ3v) is 1.75. The summed E-state index contributed by atoms with van der Waals surface area (Å²) in [4.78, 5) is 0. The van der Waals surface area contributed by atoms with Crippen molar-refractivity contribution in [3.63, 3.8) is 0 Å². The molecule has 1 N–H and O–H groups in total. The first-order valence-corrected chi connectivity index (χ1v) is 4.14. The maximum absolute atomic E-state index is 13.2. The van der Waals surface area contributed by atoms with Crippen LogP contribution < -0.4 is 0 Å². The van der Waals surface area contributed by atoms with Crippen LogP contribution in [-0.2, 0) is 5.92 Å². The van der Waals surface area contributed by atoms with Crippen LogP contribution in [0.5, 0.6) is 0 Å². The molecule has 1 rings (SSSR count). The van der Waals surface area contributed by atoms with Gasteiger partial charge < -0.3 is 5.11 Å². The molecule has 13 heavy (non-hydrogen) atoms. The minimum Gasteiger partial charge on any atom is -0.393 e. The van der Waals surface area contributed by atoms with E-state index in [9.17, 15) is 8.78 Å². The Balaban J connectivity index is 2.81. The first-order valence-electron chi connectivity index (χ1n) is 4.14. The lowest BCUT2D eigenvalue weighted by molar-refractivity contribution is -0.0457. The Bertz CT molecular complexity index is 257. The van der Waals surface area contributed by atoms with Crippen molar-refractivity contribution in [1.29, 1.82) is 0 Å². The van der Waals surface area contributed by atoms with Crippen LogP contribution in [0.1, 0.15) is 18.9 Å². The second-order valence-corrected chi connectivity index (χ2v) is 3.12. The minimum absolute atomic E-state index is 0.0455. The molecule has 1 aromatic carbocycles. The predicted octanol–water partition coefficient (Wildman–Crippen LogP) is 2.55. The van der Waals surface area contributed by atoms with Crippen molar-refractivity contribution >= 4 is 0 Å². The van der Waals surface area contributed by atoms with Crippen molar-refractivity contribution in [3.05, 3.63) is 35.9 Å². The molecule has 0 amide bonds. The first kappa shape index (κ1) is 10.1. The van der Waals surface area contributed by atoms with Gasteiger partial charge in [0.15, 0.2) is 0 Å². The molecule has 0 fully saturated rings. The predicted molar refractivity (Wildman–Crippen MR) is 46.6 cm³/mol. The number of aliphatic hydroxyl groups excluding tert-OH is 1. The van der Waals surface area contributed by atoms with Gasteiger partial charge in [-0.05, 0) is 6.92 Å². The summed E-state index contributed by atoms with van der Waals surface area (Å²) in [7, 11) is 0. The molecule has 3 heteroatoms. The number of hydrogen-bond acceptors (Lipinski definition) is 1. The fourth-order valence-electron chi connectivity index (χ4n) is 1.17. The highest BCUT2D eigenvalue weighted by Crippen LogP contribution is 2.32. The molecule has 0 bridgehead atoms. The van der Waals surface area contributed by atoms with Crippen LogP contribution in [-0.4, -0.2) is 11.2 Å². The van der Waals surface area contributed by atoms with Gasteiger partial charge in [0.25, 0.3) is 5.92 Å². The largest absolute Gasteiger partial charge is 0.393 e. The Labute approximate surface area is 76.0 Å². The van der Waals surface area contributed by atoms with E-state index < -0.39 is 18.4 Å². The lowest BCUT2D eigenvalue weighted by Gasteiger charge is -2.17. The first-order chi connectivity index (χ1) is 6.02. The Morgan fingerprint density at radius 2 is 1.85 bits per heavy atom. The van der Waals surface area contributed by atoms with E-state index in [0.717, 1.165) is 0 Å². The van der Waals surface area contributed by atoms with Gasteiger partial charge in [-0.1, -0.05) is 30.3 Å². The number of aliphatic hydroxyl groups is 1. The quantitative estimate of drug-likeness (QED) is 0.769. The molecular weight excluding hydrogens is 174 g/mol. The van der Waals surface area contributed by atoms with Gasteiger partial charge in [0, 0.05) is 12.0 Å². The van der Waals surface area contributed by atoms with Crippen LogP contribution in [0.4, 0.5) is 8.78 Å². The third kappa shape index (κ3) is 2.77. The molecule has 72 valence electrons. The minimum atomic E-state index is -2.94. The fourth-order valence-corrected chi connectivity index (χ4v) is 1.17. The molecule has 1 atom stereocenters. The van der Waals surface area contributed by atoms with Gasteiger partial charge in [-0.3, -0.25) is 0 Å². The second-order valence-electron chi connectivity index (χ2n) is 3.12. The highest BCUT2D eigenvalue weighted by atomic mass is 19.3. The van der Waals surface area contributed by atoms with E-state index in [1.54, 1.807) is 18.2 Å². The van der Waals surface area contributed by atoms with Crippen molar-refractivity contribution in [2.24, 2.45) is 0 Å². The van der Waals surface area contributed by atoms with Gasteiger partial charge >= 0.3 is 0 Å². The van der Waals surface area contributed by atoms with Crippen LogP contribution in [0.25, 0.3) is 0 Å². The molecule has 1 unspecified atom stereocenters. The molecule has 0 aliphatic heterocycles. The normalized spacial score (nSPS) is 14.2. The van der Waals surface area contributed by atoms with E-state index in [1.165, 1.54) is 19.1 Å². The Hall–Kier alpha value is -0.960. The molecule has 0 aromatic heterocycles. The highest BCUT2D eigenvalue weighted by Gasteiger charge is 2.32. The highest BCUT2D eigenvalue weighted by molar-refractivity contribution is 5.19. The zero-order valence-corrected chi connectivity index (χ0v) is 7.37. The summed E-state index contributed by atoms with van der Waals surface area (Å²) < 4.78 is 26.5. The summed E-state index contributed by atoms with van der Waals surface area (Å²) >= 11 is 0. The monoisotopic (exact) mass is 186 g/mol. The van der Waals surface area contributed by atoms with Crippen molar-refractivity contribution < 1.29 is 13.9 Å². The number of benzene rings is 1. The van der Waals surface area contributed by atoms with Crippen molar-refractivity contribution in [1.82, 2.24) is 0 Å². The van der Waals surface area contributed by atoms with Crippen LogP contribution >= 0.6 is 0 Å². The Morgan fingerprint density at radius 1 is 1.31 bits per heavy atom. The maximum atomic E-state index is 13.2. The second kappa shape index (κ2) is 3.83. The van der Waals surface area contributed by atoms with E-state index in [1.807, 2.05) is 0 Å². The maximum Gasteiger partial charge on any atom is 0.275 e. The number of rotatable bonds is 3. The van der Waals surface area contributed by atoms with Crippen LogP contribution in [0.15, 0.2) is 30.3 Å². The lowest BCUT2D eigenvalue weighted by atomic mass is 10.0. The van der Waals surface area contributed by atoms with Gasteiger partial charge in [0.2, 0.25) is 0 Å². The molecule has 0 spiro atoms. The van der Waals surface area contributed by atoms with Crippen LogP contribution in [0.3, 0.4) is 0 Å². The van der Waals surface area contributed by atoms with Crippen molar-refractivity contribution in [2.75, 3.05) is 0 Å². The van der Waals surface area contributed by atoms with E-state index in [2.05, 4.69) is 0 Å². The van der Waals surface area contributed by atoms with Crippen LogP contribution in [0.2, 0.25) is 0 Å². The molecule has 0 heterocycles.